The molecule has 0 bridgehead atoms. The van der Waals surface area contributed by atoms with E-state index in [1.54, 1.807) is 14.2 Å². The van der Waals surface area contributed by atoms with Gasteiger partial charge in [0.2, 0.25) is 0 Å². The Bertz CT molecular complexity index is 1590. The summed E-state index contributed by atoms with van der Waals surface area (Å²) in [5.41, 5.74) is 2.77. The molecule has 0 fully saturated rings. The second-order valence-electron chi connectivity index (χ2n) is 8.82. The molecule has 0 atom stereocenters. The SMILES string of the molecule is COc1ccc(CNCc2cc3cc4c(cc3n2C)OCCc2c-4[nH]c(=O)c(C(=O)O)c2O)c(OC)c1. The van der Waals surface area contributed by atoms with E-state index >= 15 is 0 Å². The van der Waals surface area contributed by atoms with Crippen molar-refractivity contribution < 1.29 is 29.2 Å². The first-order valence-electron chi connectivity index (χ1n) is 11.7. The van der Waals surface area contributed by atoms with E-state index in [1.165, 1.54) is 0 Å². The largest absolute Gasteiger partial charge is 0.506 e. The minimum absolute atomic E-state index is 0.229. The van der Waals surface area contributed by atoms with Crippen LogP contribution in [0.15, 0.2) is 41.2 Å². The second kappa shape index (κ2) is 9.55. The van der Waals surface area contributed by atoms with E-state index in [-0.39, 0.29) is 13.0 Å². The molecule has 0 aliphatic carbocycles. The molecule has 10 nitrogen and oxygen atoms in total. The topological polar surface area (TPSA) is 135 Å². The molecular formula is C27H27N3O7. The average molecular weight is 506 g/mol. The number of H-pyrrole nitrogens is 1. The zero-order valence-corrected chi connectivity index (χ0v) is 20.7. The van der Waals surface area contributed by atoms with Crippen LogP contribution in [0.2, 0.25) is 0 Å². The van der Waals surface area contributed by atoms with Gasteiger partial charge < -0.3 is 39.3 Å². The van der Waals surface area contributed by atoms with Crippen LogP contribution in [-0.4, -0.2) is 46.6 Å². The molecule has 4 aromatic rings. The van der Waals surface area contributed by atoms with Crippen LogP contribution < -0.4 is 25.1 Å². The first kappa shape index (κ1) is 24.3. The lowest BCUT2D eigenvalue weighted by atomic mass is 9.99. The summed E-state index contributed by atoms with van der Waals surface area (Å²) >= 11 is 0. The highest BCUT2D eigenvalue weighted by molar-refractivity contribution is 5.94. The van der Waals surface area contributed by atoms with Gasteiger partial charge >= 0.3 is 5.97 Å². The van der Waals surface area contributed by atoms with Crippen molar-refractivity contribution in [1.82, 2.24) is 14.9 Å². The first-order valence-corrected chi connectivity index (χ1v) is 11.7. The first-order chi connectivity index (χ1) is 17.8. The molecule has 2 aromatic heterocycles. The molecule has 5 rings (SSSR count). The van der Waals surface area contributed by atoms with Gasteiger partial charge in [0.05, 0.1) is 32.0 Å². The van der Waals surface area contributed by atoms with Gasteiger partial charge in [-0.3, -0.25) is 4.79 Å². The van der Waals surface area contributed by atoms with E-state index in [1.807, 2.05) is 43.4 Å². The van der Waals surface area contributed by atoms with Gasteiger partial charge in [-0.1, -0.05) is 6.07 Å². The molecule has 10 heteroatoms. The van der Waals surface area contributed by atoms with Crippen molar-refractivity contribution in [2.45, 2.75) is 19.5 Å². The van der Waals surface area contributed by atoms with Crippen molar-refractivity contribution in [2.75, 3.05) is 20.8 Å². The molecule has 192 valence electrons. The van der Waals surface area contributed by atoms with E-state index in [2.05, 4.69) is 14.9 Å². The third-order valence-corrected chi connectivity index (χ3v) is 6.74. The van der Waals surface area contributed by atoms with Crippen LogP contribution in [0.4, 0.5) is 0 Å². The smallest absolute Gasteiger partial charge is 0.345 e. The van der Waals surface area contributed by atoms with Crippen LogP contribution in [0.5, 0.6) is 23.0 Å². The number of aromatic nitrogens is 2. The van der Waals surface area contributed by atoms with Gasteiger partial charge in [-0.05, 0) is 18.2 Å². The van der Waals surface area contributed by atoms with Crippen LogP contribution >= 0.6 is 0 Å². The van der Waals surface area contributed by atoms with E-state index < -0.39 is 22.8 Å². The molecule has 37 heavy (non-hydrogen) atoms. The molecule has 0 unspecified atom stereocenters. The number of aromatic hydroxyl groups is 1. The van der Waals surface area contributed by atoms with Crippen LogP contribution in [-0.2, 0) is 26.6 Å². The van der Waals surface area contributed by atoms with Crippen molar-refractivity contribution >= 4 is 16.9 Å². The highest BCUT2D eigenvalue weighted by atomic mass is 16.5. The van der Waals surface area contributed by atoms with Crippen LogP contribution in [0, 0.1) is 0 Å². The van der Waals surface area contributed by atoms with Crippen molar-refractivity contribution in [1.29, 1.82) is 0 Å². The maximum absolute atomic E-state index is 12.4. The zero-order valence-electron chi connectivity index (χ0n) is 20.7. The Balaban J connectivity index is 1.47. The average Bonchev–Trinajstić information content (AvgIpc) is 3.06. The van der Waals surface area contributed by atoms with Crippen molar-refractivity contribution in [2.24, 2.45) is 7.05 Å². The molecule has 0 spiro atoms. The molecule has 3 heterocycles. The number of fused-ring (bicyclic) bond motifs is 4. The Hall–Kier alpha value is -4.44. The van der Waals surface area contributed by atoms with Gasteiger partial charge in [0.15, 0.2) is 5.56 Å². The number of rotatable bonds is 7. The maximum Gasteiger partial charge on any atom is 0.345 e. The molecule has 0 saturated heterocycles. The summed E-state index contributed by atoms with van der Waals surface area (Å²) in [7, 11) is 5.21. The number of nitrogens with one attached hydrogen (secondary N) is 2. The summed E-state index contributed by atoms with van der Waals surface area (Å²) in [6.07, 6.45) is 0.257. The number of benzene rings is 2. The third kappa shape index (κ3) is 4.25. The third-order valence-electron chi connectivity index (χ3n) is 6.74. The summed E-state index contributed by atoms with van der Waals surface area (Å²) in [6.45, 7) is 1.41. The fraction of sp³-hybridized carbons (Fsp3) is 0.259. The number of carboxylic acid groups (broad SMARTS) is 1. The molecule has 1 aliphatic rings. The lowest BCUT2D eigenvalue weighted by molar-refractivity contribution is 0.0691. The van der Waals surface area contributed by atoms with Crippen molar-refractivity contribution in [3.63, 3.8) is 0 Å². The minimum Gasteiger partial charge on any atom is -0.506 e. The molecule has 0 amide bonds. The Morgan fingerprint density at radius 3 is 2.70 bits per heavy atom. The molecule has 0 radical (unpaired) electrons. The number of carboxylic acids is 1. The van der Waals surface area contributed by atoms with Gasteiger partial charge in [0.1, 0.15) is 23.0 Å². The van der Waals surface area contributed by atoms with Gasteiger partial charge in [-0.15, -0.1) is 0 Å². The van der Waals surface area contributed by atoms with Crippen molar-refractivity contribution in [3.05, 3.63) is 69.1 Å². The lowest BCUT2D eigenvalue weighted by Crippen LogP contribution is -2.20. The van der Waals surface area contributed by atoms with Crippen LogP contribution in [0.25, 0.3) is 22.2 Å². The van der Waals surface area contributed by atoms with Gasteiger partial charge in [-0.25, -0.2) is 4.79 Å². The monoisotopic (exact) mass is 505 g/mol. The minimum atomic E-state index is -1.48. The Morgan fingerprint density at radius 1 is 1.16 bits per heavy atom. The highest BCUT2D eigenvalue weighted by Gasteiger charge is 2.26. The summed E-state index contributed by atoms with van der Waals surface area (Å²) in [5.74, 6) is 0.0241. The molecule has 1 aliphatic heterocycles. The highest BCUT2D eigenvalue weighted by Crippen LogP contribution is 2.40. The standard InChI is InChI=1S/C27H27N3O7/c1-30-16(13-28-12-14-4-5-17(35-2)10-21(14)36-3)8-15-9-19-22(11-20(15)30)37-7-6-18-24(19)29-26(32)23(25(18)31)27(33)34/h4-5,8-11,28H,6-7,12-13H2,1-3H3,(H,33,34)(H2,29,31,32). The number of nitrogens with zero attached hydrogens (tertiary/aromatic N) is 1. The summed E-state index contributed by atoms with van der Waals surface area (Å²) in [4.78, 5) is 26.6. The number of carbonyl (C=O) groups is 1. The number of aryl methyl sites for hydroxylation is 1. The Labute approximate surface area is 212 Å². The van der Waals surface area contributed by atoms with Gasteiger partial charge in [0.25, 0.3) is 5.56 Å². The number of aromatic amines is 1. The van der Waals surface area contributed by atoms with Crippen molar-refractivity contribution in [3.8, 4) is 34.3 Å². The van der Waals surface area contributed by atoms with E-state index in [4.69, 9.17) is 14.2 Å². The Kier molecular flexibility index (Phi) is 6.26. The lowest BCUT2D eigenvalue weighted by Gasteiger charge is -2.12. The molecule has 4 N–H and O–H groups in total. The fourth-order valence-electron chi connectivity index (χ4n) is 4.79. The summed E-state index contributed by atoms with van der Waals surface area (Å²) < 4.78 is 18.8. The van der Waals surface area contributed by atoms with E-state index in [0.29, 0.717) is 35.7 Å². The second-order valence-corrected chi connectivity index (χ2v) is 8.82. The van der Waals surface area contributed by atoms with Crippen LogP contribution in [0.3, 0.4) is 0 Å². The molecule has 0 saturated carbocycles. The zero-order chi connectivity index (χ0) is 26.3. The quantitative estimate of drug-likeness (QED) is 0.301. The Morgan fingerprint density at radius 2 is 1.97 bits per heavy atom. The maximum atomic E-state index is 12.4. The molecule has 2 aromatic carbocycles. The summed E-state index contributed by atoms with van der Waals surface area (Å²) in [6, 6.07) is 11.5. The number of aromatic carboxylic acids is 1. The van der Waals surface area contributed by atoms with Gasteiger partial charge in [0, 0.05) is 66.5 Å². The predicted molar refractivity (Wildman–Crippen MR) is 137 cm³/mol. The predicted octanol–water partition coefficient (Wildman–Crippen LogP) is 3.18. The summed E-state index contributed by atoms with van der Waals surface area (Å²) in [5, 5.41) is 24.3. The number of hydrogen-bond acceptors (Lipinski definition) is 7. The number of hydrogen-bond donors (Lipinski definition) is 4. The number of methoxy groups -OCH3 is 2. The van der Waals surface area contributed by atoms with E-state index in [9.17, 15) is 19.8 Å². The van der Waals surface area contributed by atoms with E-state index in [0.717, 1.165) is 33.7 Å². The molecular weight excluding hydrogens is 478 g/mol. The number of pyridine rings is 1. The van der Waals surface area contributed by atoms with Gasteiger partial charge in [-0.2, -0.15) is 0 Å². The van der Waals surface area contributed by atoms with Crippen LogP contribution in [0.1, 0.15) is 27.2 Å². The fourth-order valence-corrected chi connectivity index (χ4v) is 4.79. The normalized spacial score (nSPS) is 12.4. The number of ether oxygens (including phenoxy) is 3.